The van der Waals surface area contributed by atoms with Gasteiger partial charge in [0.15, 0.2) is 0 Å². The molecular weight excluding hydrogens is 731 g/mol. The van der Waals surface area contributed by atoms with Gasteiger partial charge in [0.25, 0.3) is 0 Å². The molecule has 0 rings (SSSR count). The van der Waals surface area contributed by atoms with Gasteiger partial charge in [-0.15, -0.1) is 0 Å². The summed E-state index contributed by atoms with van der Waals surface area (Å²) in [7, 11) is 0. The molecule has 0 aromatic rings. The van der Waals surface area contributed by atoms with Crippen molar-refractivity contribution in [2.24, 2.45) is 0 Å². The summed E-state index contributed by atoms with van der Waals surface area (Å²) >= 11 is 0. The van der Waals surface area contributed by atoms with Crippen LogP contribution in [0.25, 0.3) is 0 Å². The largest absolute Gasteiger partial charge is 0.462 e. The number of unbranched alkanes of at least 4 members (excludes halogenated alkanes) is 27. The maximum Gasteiger partial charge on any atom is 0.306 e. The lowest BCUT2D eigenvalue weighted by Gasteiger charge is -2.24. The van der Waals surface area contributed by atoms with Gasteiger partial charge < -0.3 is 20.3 Å². The van der Waals surface area contributed by atoms with Gasteiger partial charge in [0.1, 0.15) is 6.10 Å². The van der Waals surface area contributed by atoms with Gasteiger partial charge >= 0.3 is 5.97 Å². The molecule has 0 saturated carbocycles. The number of hydrogen-bond acceptors (Lipinski definition) is 5. The number of rotatable bonds is 45. The lowest BCUT2D eigenvalue weighted by molar-refractivity contribution is -0.151. The smallest absolute Gasteiger partial charge is 0.306 e. The van der Waals surface area contributed by atoms with Gasteiger partial charge in [0.05, 0.1) is 25.2 Å². The molecule has 0 heterocycles. The van der Waals surface area contributed by atoms with E-state index in [0.717, 1.165) is 77.0 Å². The highest BCUT2D eigenvalue weighted by molar-refractivity contribution is 5.77. The van der Waals surface area contributed by atoms with Crippen molar-refractivity contribution in [1.29, 1.82) is 0 Å². The second kappa shape index (κ2) is 46.9. The van der Waals surface area contributed by atoms with E-state index >= 15 is 0 Å². The van der Waals surface area contributed by atoms with Gasteiger partial charge in [0, 0.05) is 6.42 Å². The third kappa shape index (κ3) is 42.3. The summed E-state index contributed by atoms with van der Waals surface area (Å²) in [6.07, 6.45) is 55.9. The maximum atomic E-state index is 13.2. The van der Waals surface area contributed by atoms with Crippen LogP contribution in [-0.2, 0) is 14.3 Å². The van der Waals surface area contributed by atoms with Crippen LogP contribution in [0.2, 0.25) is 0 Å². The number of aliphatic hydroxyl groups is 2. The molecule has 0 aliphatic heterocycles. The number of hydrogen-bond donors (Lipinski definition) is 3. The molecule has 0 aliphatic carbocycles. The Morgan fingerprint density at radius 1 is 0.508 bits per heavy atom. The fourth-order valence-electron chi connectivity index (χ4n) is 7.60. The van der Waals surface area contributed by atoms with Crippen LogP contribution in [0.4, 0.5) is 0 Å². The molecule has 59 heavy (non-hydrogen) atoms. The lowest BCUT2D eigenvalue weighted by Crippen LogP contribution is -2.46. The Balaban J connectivity index is 4.60. The van der Waals surface area contributed by atoms with Gasteiger partial charge in [0.2, 0.25) is 5.91 Å². The standard InChI is InChI=1S/C53H97NO5/c1-4-7-10-13-16-19-22-25-26-28-31-34-37-40-43-46-53(58)59-49(44-41-38-35-32-29-27-23-20-17-14-11-8-5-2)47-52(57)54-50(48-55)51(56)45-42-39-36-33-30-24-21-18-15-12-9-6-3/h7,10,13,16,19-20,22-23,49-51,55-56H,4-6,8-9,11-12,14-15,17-18,21,24-48H2,1-3H3,(H,54,57)/b10-7+,16-13+,22-19+,23-20-. The van der Waals surface area contributed by atoms with Crippen molar-refractivity contribution in [3.05, 3.63) is 48.6 Å². The Hall–Kier alpha value is -2.18. The fourth-order valence-corrected chi connectivity index (χ4v) is 7.60. The predicted octanol–water partition coefficient (Wildman–Crippen LogP) is 15.1. The second-order valence-corrected chi connectivity index (χ2v) is 17.2. The summed E-state index contributed by atoms with van der Waals surface area (Å²) in [6.45, 7) is 6.34. The Bertz CT molecular complexity index is 1020. The highest BCUT2D eigenvalue weighted by atomic mass is 16.5. The van der Waals surface area contributed by atoms with Crippen LogP contribution < -0.4 is 5.32 Å². The van der Waals surface area contributed by atoms with Gasteiger partial charge in [-0.1, -0.05) is 217 Å². The van der Waals surface area contributed by atoms with Crippen LogP contribution in [0, 0.1) is 0 Å². The van der Waals surface area contributed by atoms with Crippen molar-refractivity contribution < 1.29 is 24.5 Å². The van der Waals surface area contributed by atoms with E-state index in [2.05, 4.69) is 74.7 Å². The van der Waals surface area contributed by atoms with E-state index in [1.54, 1.807) is 0 Å². The molecule has 0 radical (unpaired) electrons. The first-order valence-corrected chi connectivity index (χ1v) is 25.4. The number of esters is 1. The number of ether oxygens (including phenoxy) is 1. The molecule has 6 heteroatoms. The average Bonchev–Trinajstić information content (AvgIpc) is 3.23. The molecule has 0 spiro atoms. The number of nitrogens with one attached hydrogen (secondary N) is 1. The molecule has 344 valence electrons. The third-order valence-electron chi connectivity index (χ3n) is 11.5. The summed E-state index contributed by atoms with van der Waals surface area (Å²) in [4.78, 5) is 26.1. The van der Waals surface area contributed by atoms with Crippen molar-refractivity contribution in [3.63, 3.8) is 0 Å². The van der Waals surface area contributed by atoms with Crippen LogP contribution >= 0.6 is 0 Å². The summed E-state index contributed by atoms with van der Waals surface area (Å²) in [5.74, 6) is -0.492. The third-order valence-corrected chi connectivity index (χ3v) is 11.5. The summed E-state index contributed by atoms with van der Waals surface area (Å²) in [6, 6.07) is -0.705. The molecule has 0 aliphatic rings. The highest BCUT2D eigenvalue weighted by Gasteiger charge is 2.24. The van der Waals surface area contributed by atoms with Crippen LogP contribution in [0.15, 0.2) is 48.6 Å². The Morgan fingerprint density at radius 3 is 1.44 bits per heavy atom. The molecule has 3 unspecified atom stereocenters. The van der Waals surface area contributed by atoms with Gasteiger partial charge in [-0.25, -0.2) is 0 Å². The Kier molecular flexibility index (Phi) is 45.1. The molecular formula is C53H97NO5. The van der Waals surface area contributed by atoms with Crippen molar-refractivity contribution in [2.45, 2.75) is 270 Å². The van der Waals surface area contributed by atoms with Crippen LogP contribution in [-0.4, -0.2) is 46.9 Å². The van der Waals surface area contributed by atoms with E-state index < -0.39 is 18.2 Å². The Morgan fingerprint density at radius 2 is 0.932 bits per heavy atom. The minimum Gasteiger partial charge on any atom is -0.462 e. The van der Waals surface area contributed by atoms with E-state index in [0.29, 0.717) is 19.3 Å². The number of carbonyl (C=O) groups excluding carboxylic acids is 2. The molecule has 0 aromatic carbocycles. The first-order chi connectivity index (χ1) is 29.0. The molecule has 0 saturated heterocycles. The summed E-state index contributed by atoms with van der Waals surface area (Å²) in [5, 5.41) is 23.7. The van der Waals surface area contributed by atoms with Gasteiger partial charge in [-0.05, 0) is 70.6 Å². The van der Waals surface area contributed by atoms with Crippen LogP contribution in [0.1, 0.15) is 252 Å². The molecule has 1 amide bonds. The molecule has 0 fully saturated rings. The first-order valence-electron chi connectivity index (χ1n) is 25.4. The maximum absolute atomic E-state index is 13.2. The highest BCUT2D eigenvalue weighted by Crippen LogP contribution is 2.18. The van der Waals surface area contributed by atoms with Crippen LogP contribution in [0.5, 0.6) is 0 Å². The number of carbonyl (C=O) groups is 2. The average molecular weight is 828 g/mol. The molecule has 6 nitrogen and oxygen atoms in total. The fraction of sp³-hybridized carbons (Fsp3) is 0.811. The molecule has 0 aromatic heterocycles. The zero-order valence-electron chi connectivity index (χ0n) is 39.1. The monoisotopic (exact) mass is 828 g/mol. The summed E-state index contributed by atoms with van der Waals surface area (Å²) in [5.41, 5.74) is 0. The van der Waals surface area contributed by atoms with E-state index in [1.807, 2.05) is 0 Å². The van der Waals surface area contributed by atoms with E-state index in [9.17, 15) is 19.8 Å². The minimum absolute atomic E-state index is 0.0675. The van der Waals surface area contributed by atoms with E-state index in [-0.39, 0.29) is 24.9 Å². The summed E-state index contributed by atoms with van der Waals surface area (Å²) < 4.78 is 5.92. The molecule has 3 atom stereocenters. The van der Waals surface area contributed by atoms with Gasteiger partial charge in [-0.3, -0.25) is 9.59 Å². The SMILES string of the molecule is CC/C=C/C=C/C=C/CCCCCCCCCC(=O)OC(CCCCCCC/C=C\CCCCCC)CC(=O)NC(CO)C(O)CCCCCCCCCCCCCC. The van der Waals surface area contributed by atoms with Crippen molar-refractivity contribution in [1.82, 2.24) is 5.32 Å². The second-order valence-electron chi connectivity index (χ2n) is 17.2. The normalized spacial score (nSPS) is 13.6. The van der Waals surface area contributed by atoms with E-state index in [1.165, 1.54) is 128 Å². The van der Waals surface area contributed by atoms with Crippen LogP contribution in [0.3, 0.4) is 0 Å². The zero-order valence-corrected chi connectivity index (χ0v) is 39.1. The zero-order chi connectivity index (χ0) is 43.1. The predicted molar refractivity (Wildman–Crippen MR) is 255 cm³/mol. The lowest BCUT2D eigenvalue weighted by atomic mass is 10.0. The first kappa shape index (κ1) is 56.8. The quantitative estimate of drug-likeness (QED) is 0.0246. The van der Waals surface area contributed by atoms with Crippen molar-refractivity contribution in [3.8, 4) is 0 Å². The minimum atomic E-state index is -0.791. The van der Waals surface area contributed by atoms with Gasteiger partial charge in [-0.2, -0.15) is 0 Å². The van der Waals surface area contributed by atoms with Crippen molar-refractivity contribution in [2.75, 3.05) is 6.61 Å². The Labute approximate surface area is 366 Å². The van der Waals surface area contributed by atoms with Crippen molar-refractivity contribution >= 4 is 11.9 Å². The number of allylic oxidation sites excluding steroid dienone is 8. The number of amides is 1. The molecule has 3 N–H and O–H groups in total. The molecule has 0 bridgehead atoms. The number of aliphatic hydroxyl groups excluding tert-OH is 2. The topological polar surface area (TPSA) is 95.9 Å². The van der Waals surface area contributed by atoms with E-state index in [4.69, 9.17) is 4.74 Å².